The summed E-state index contributed by atoms with van der Waals surface area (Å²) in [7, 11) is 0. The van der Waals surface area contributed by atoms with E-state index in [0.717, 1.165) is 0 Å². The quantitative estimate of drug-likeness (QED) is 0.187. The largest absolute Gasteiger partial charge is 0.478 e. The molecule has 1 radical (unpaired) electrons. The second-order valence-corrected chi connectivity index (χ2v) is 7.36. The molecule has 157 valence electrons. The Kier molecular flexibility index (Phi) is 5.01. The van der Waals surface area contributed by atoms with Crippen LogP contribution >= 0.6 is 0 Å². The molecule has 0 amide bonds. The Morgan fingerprint density at radius 1 is 0.394 bits per heavy atom. The number of hydrogen-bond acceptors (Lipinski definition) is 4. The number of carboxylic acids is 4. The van der Waals surface area contributed by atoms with E-state index >= 15 is 0 Å². The average molecular weight is 435 g/mol. The molecule has 0 bridgehead atoms. The van der Waals surface area contributed by atoms with Crippen LogP contribution in [0.5, 0.6) is 0 Å². The molecule has 5 aromatic carbocycles. The van der Waals surface area contributed by atoms with Gasteiger partial charge < -0.3 is 20.4 Å². The minimum Gasteiger partial charge on any atom is -0.478 e. The van der Waals surface area contributed by atoms with Gasteiger partial charge in [-0.2, -0.15) is 0 Å². The van der Waals surface area contributed by atoms with E-state index in [0.29, 0.717) is 32.3 Å². The van der Waals surface area contributed by atoms with Gasteiger partial charge in [-0.15, -0.1) is 0 Å². The van der Waals surface area contributed by atoms with Gasteiger partial charge in [0.05, 0.1) is 22.3 Å². The summed E-state index contributed by atoms with van der Waals surface area (Å²) in [5.74, 6) is -5.13. The SMILES string of the molecule is O=C(O)c1ccc2c3ccc(C(=O)O)c4c(C(=O)O)ccc(c5ccc(C(=O)O)c1c25)c43.[Li]. The van der Waals surface area contributed by atoms with E-state index in [2.05, 4.69) is 0 Å². The van der Waals surface area contributed by atoms with Crippen LogP contribution in [0.2, 0.25) is 0 Å². The van der Waals surface area contributed by atoms with Crippen LogP contribution < -0.4 is 0 Å². The fourth-order valence-electron chi connectivity index (χ4n) is 4.60. The Bertz CT molecular complexity index is 1440. The van der Waals surface area contributed by atoms with E-state index in [9.17, 15) is 39.6 Å². The molecule has 0 aromatic heterocycles. The van der Waals surface area contributed by atoms with Gasteiger partial charge in [0.15, 0.2) is 0 Å². The monoisotopic (exact) mass is 435 g/mol. The maximum absolute atomic E-state index is 11.9. The summed E-state index contributed by atoms with van der Waals surface area (Å²) in [6.45, 7) is 0. The molecule has 0 aliphatic carbocycles. The van der Waals surface area contributed by atoms with Crippen LogP contribution in [0, 0.1) is 0 Å². The minimum absolute atomic E-state index is 0. The Labute approximate surface area is 196 Å². The number of hydrogen-bond donors (Lipinski definition) is 4. The van der Waals surface area contributed by atoms with Gasteiger partial charge in [0.2, 0.25) is 0 Å². The van der Waals surface area contributed by atoms with Gasteiger partial charge in [-0.05, 0) is 56.6 Å². The predicted octanol–water partition coefficient (Wildman–Crippen LogP) is 4.15. The molecule has 0 heterocycles. The number of benzene rings is 5. The molecule has 0 saturated carbocycles. The maximum Gasteiger partial charge on any atom is 0.336 e. The molecule has 9 heteroatoms. The maximum atomic E-state index is 11.9. The van der Waals surface area contributed by atoms with Crippen molar-refractivity contribution in [3.8, 4) is 0 Å². The summed E-state index contributed by atoms with van der Waals surface area (Å²) in [6.07, 6.45) is 0. The molecule has 5 aromatic rings. The Hall–Kier alpha value is -4.12. The number of fused-ring (bicyclic) bond motifs is 2. The molecule has 0 unspecified atom stereocenters. The first kappa shape index (κ1) is 22.1. The zero-order valence-electron chi connectivity index (χ0n) is 17.0. The number of carbonyl (C=O) groups is 4. The summed E-state index contributed by atoms with van der Waals surface area (Å²) >= 11 is 0. The van der Waals surface area contributed by atoms with Crippen molar-refractivity contribution in [2.75, 3.05) is 0 Å². The summed E-state index contributed by atoms with van der Waals surface area (Å²) < 4.78 is 0. The molecule has 0 spiro atoms. The van der Waals surface area contributed by atoms with Crippen LogP contribution in [0.1, 0.15) is 41.4 Å². The van der Waals surface area contributed by atoms with Crippen LogP contribution in [0.3, 0.4) is 0 Å². The van der Waals surface area contributed by atoms with Gasteiger partial charge in [0, 0.05) is 29.6 Å². The molecule has 5 rings (SSSR count). The van der Waals surface area contributed by atoms with E-state index in [-0.39, 0.29) is 51.9 Å². The zero-order chi connectivity index (χ0) is 22.9. The zero-order valence-corrected chi connectivity index (χ0v) is 17.0. The standard InChI is InChI=1S/C24H12O8.Li/c25-21(26)13-5-1-9-10-2-6-15(23(29)30)20-16(24(31)32)8-4-12(18(10)20)11-3-7-14(22(27)28)19(13)17(9)11;/h1-8H,(H,25,26)(H,27,28)(H,29,30)(H,31,32);. The third kappa shape index (κ3) is 2.93. The fraction of sp³-hybridized carbons (Fsp3) is 0. The number of aromatic carboxylic acids is 4. The van der Waals surface area contributed by atoms with Crippen LogP contribution in [-0.4, -0.2) is 63.2 Å². The van der Waals surface area contributed by atoms with E-state index in [1.54, 1.807) is 0 Å². The van der Waals surface area contributed by atoms with Gasteiger partial charge in [-0.3, -0.25) is 0 Å². The summed E-state index contributed by atoms with van der Waals surface area (Å²) in [5.41, 5.74) is -0.696. The number of carboxylic acid groups (broad SMARTS) is 4. The fourth-order valence-corrected chi connectivity index (χ4v) is 4.60. The van der Waals surface area contributed by atoms with Gasteiger partial charge in [0.25, 0.3) is 0 Å². The van der Waals surface area contributed by atoms with E-state index in [4.69, 9.17) is 0 Å². The van der Waals surface area contributed by atoms with Crippen LogP contribution in [0.15, 0.2) is 48.5 Å². The molecule has 0 aliphatic rings. The van der Waals surface area contributed by atoms with Crippen LogP contribution in [-0.2, 0) is 0 Å². The summed E-state index contributed by atoms with van der Waals surface area (Å²) in [5, 5.41) is 41.7. The van der Waals surface area contributed by atoms with Crippen molar-refractivity contribution in [3.63, 3.8) is 0 Å². The summed E-state index contributed by atoms with van der Waals surface area (Å²) in [6, 6.07) is 11.4. The average Bonchev–Trinajstić information content (AvgIpc) is 2.75. The normalized spacial score (nSPS) is 11.2. The molecule has 0 aliphatic heterocycles. The van der Waals surface area contributed by atoms with Crippen molar-refractivity contribution in [2.24, 2.45) is 0 Å². The summed E-state index contributed by atoms with van der Waals surface area (Å²) in [4.78, 5) is 47.5. The molecular formula is C24H12LiO8. The smallest absolute Gasteiger partial charge is 0.336 e. The second kappa shape index (κ2) is 7.48. The van der Waals surface area contributed by atoms with Gasteiger partial charge in [-0.25, -0.2) is 19.2 Å². The van der Waals surface area contributed by atoms with Gasteiger partial charge in [-0.1, -0.05) is 24.3 Å². The molecule has 0 atom stereocenters. The molecular weight excluding hydrogens is 423 g/mol. The van der Waals surface area contributed by atoms with E-state index in [1.807, 2.05) is 0 Å². The number of rotatable bonds is 4. The topological polar surface area (TPSA) is 149 Å². The third-order valence-electron chi connectivity index (χ3n) is 5.82. The molecule has 0 fully saturated rings. The van der Waals surface area contributed by atoms with Crippen molar-refractivity contribution in [2.45, 2.75) is 0 Å². The second-order valence-electron chi connectivity index (χ2n) is 7.36. The van der Waals surface area contributed by atoms with Crippen molar-refractivity contribution in [1.29, 1.82) is 0 Å². The van der Waals surface area contributed by atoms with Crippen molar-refractivity contribution < 1.29 is 39.6 Å². The molecule has 8 nitrogen and oxygen atoms in total. The van der Waals surface area contributed by atoms with Gasteiger partial charge in [0.1, 0.15) is 0 Å². The van der Waals surface area contributed by atoms with E-state index < -0.39 is 23.9 Å². The Morgan fingerprint density at radius 2 is 0.606 bits per heavy atom. The van der Waals surface area contributed by atoms with Crippen molar-refractivity contribution >= 4 is 85.8 Å². The molecule has 33 heavy (non-hydrogen) atoms. The van der Waals surface area contributed by atoms with E-state index in [1.165, 1.54) is 48.5 Å². The van der Waals surface area contributed by atoms with Crippen molar-refractivity contribution in [3.05, 3.63) is 70.8 Å². The minimum atomic E-state index is -1.28. The molecule has 0 saturated heterocycles. The predicted molar refractivity (Wildman–Crippen MR) is 121 cm³/mol. The molecule has 4 N–H and O–H groups in total. The first-order valence-corrected chi connectivity index (χ1v) is 9.35. The van der Waals surface area contributed by atoms with Crippen LogP contribution in [0.25, 0.3) is 43.1 Å². The van der Waals surface area contributed by atoms with Gasteiger partial charge >= 0.3 is 23.9 Å². The first-order valence-electron chi connectivity index (χ1n) is 9.35. The van der Waals surface area contributed by atoms with Crippen molar-refractivity contribution in [1.82, 2.24) is 0 Å². The van der Waals surface area contributed by atoms with Crippen LogP contribution in [0.4, 0.5) is 0 Å². The Morgan fingerprint density at radius 3 is 0.788 bits per heavy atom. The Balaban J connectivity index is 0.00000259. The third-order valence-corrected chi connectivity index (χ3v) is 5.82. The first-order chi connectivity index (χ1) is 15.2.